The van der Waals surface area contributed by atoms with Crippen molar-refractivity contribution in [2.24, 2.45) is 5.92 Å². The minimum Gasteiger partial charge on any atom is -0.357 e. The van der Waals surface area contributed by atoms with Gasteiger partial charge >= 0.3 is 6.18 Å². The average molecular weight is 288 g/mol. The van der Waals surface area contributed by atoms with Crippen molar-refractivity contribution in [1.29, 1.82) is 0 Å². The number of aromatic nitrogens is 2. The molecule has 1 heterocycles. The smallest absolute Gasteiger partial charge is 0.357 e. The Bertz CT molecular complexity index is 469. The number of halogens is 3. The zero-order valence-electron chi connectivity index (χ0n) is 11.8. The number of hydrogen-bond acceptors (Lipinski definition) is 4. The van der Waals surface area contributed by atoms with E-state index in [1.54, 1.807) is 0 Å². The summed E-state index contributed by atoms with van der Waals surface area (Å²) in [6, 6.07) is 1.12. The van der Waals surface area contributed by atoms with Gasteiger partial charge in [-0.1, -0.05) is 0 Å². The van der Waals surface area contributed by atoms with Crippen LogP contribution in [0.2, 0.25) is 0 Å². The van der Waals surface area contributed by atoms with Crippen molar-refractivity contribution >= 4 is 11.8 Å². The van der Waals surface area contributed by atoms with Gasteiger partial charge in [-0.3, -0.25) is 0 Å². The van der Waals surface area contributed by atoms with E-state index in [9.17, 15) is 13.2 Å². The summed E-state index contributed by atoms with van der Waals surface area (Å²) in [5.41, 5.74) is -0.909. The predicted molar refractivity (Wildman–Crippen MR) is 71.8 cm³/mol. The minimum atomic E-state index is -4.47. The molecule has 20 heavy (non-hydrogen) atoms. The number of rotatable bonds is 5. The third-order valence-electron chi connectivity index (χ3n) is 3.30. The molecule has 7 heteroatoms. The molecule has 0 spiro atoms. The zero-order chi connectivity index (χ0) is 14.9. The Labute approximate surface area is 116 Å². The first-order valence-electron chi connectivity index (χ1n) is 6.72. The monoisotopic (exact) mass is 288 g/mol. The molecule has 0 atom stereocenters. The van der Waals surface area contributed by atoms with Gasteiger partial charge in [0.25, 0.3) is 0 Å². The topological polar surface area (TPSA) is 41.1 Å². The lowest BCUT2D eigenvalue weighted by molar-refractivity contribution is -0.141. The summed E-state index contributed by atoms with van der Waals surface area (Å²) < 4.78 is 38.7. The van der Waals surface area contributed by atoms with Gasteiger partial charge in [-0.15, -0.1) is 0 Å². The van der Waals surface area contributed by atoms with E-state index in [2.05, 4.69) is 15.3 Å². The first-order chi connectivity index (χ1) is 9.31. The Hall–Kier alpha value is -1.53. The third kappa shape index (κ3) is 3.52. The van der Waals surface area contributed by atoms with Crippen LogP contribution in [0, 0.1) is 5.92 Å². The van der Waals surface area contributed by atoms with E-state index in [0.717, 1.165) is 25.5 Å². The van der Waals surface area contributed by atoms with Gasteiger partial charge in [0.2, 0.25) is 5.95 Å². The van der Waals surface area contributed by atoms with Crippen LogP contribution in [0.25, 0.3) is 0 Å². The molecule has 0 aromatic carbocycles. The minimum absolute atomic E-state index is 0.00345. The van der Waals surface area contributed by atoms with E-state index in [4.69, 9.17) is 0 Å². The summed E-state index contributed by atoms with van der Waals surface area (Å²) in [5.74, 6) is 0.898. The Morgan fingerprint density at radius 3 is 2.45 bits per heavy atom. The summed E-state index contributed by atoms with van der Waals surface area (Å²) in [6.45, 7) is 4.66. The maximum Gasteiger partial charge on any atom is 0.433 e. The fraction of sp³-hybridized carbons (Fsp3) is 0.692. The van der Waals surface area contributed by atoms with Crippen LogP contribution in [0.15, 0.2) is 6.07 Å². The molecule has 0 bridgehead atoms. The van der Waals surface area contributed by atoms with Crippen molar-refractivity contribution in [3.05, 3.63) is 11.8 Å². The maximum absolute atomic E-state index is 12.9. The second-order valence-electron chi connectivity index (χ2n) is 5.37. The van der Waals surface area contributed by atoms with Crippen molar-refractivity contribution in [3.8, 4) is 0 Å². The number of alkyl halides is 3. The van der Waals surface area contributed by atoms with Gasteiger partial charge in [0.1, 0.15) is 5.82 Å². The first-order valence-corrected chi connectivity index (χ1v) is 6.72. The van der Waals surface area contributed by atoms with Crippen molar-refractivity contribution in [2.45, 2.75) is 38.9 Å². The molecule has 1 saturated carbocycles. The molecule has 1 aromatic rings. The number of nitrogens with one attached hydrogen (secondary N) is 1. The fourth-order valence-corrected chi connectivity index (χ4v) is 1.99. The molecule has 1 fully saturated rings. The maximum atomic E-state index is 12.9. The first kappa shape index (κ1) is 14.9. The average Bonchev–Trinajstić information content (AvgIpc) is 3.17. The van der Waals surface area contributed by atoms with Crippen LogP contribution in [0.4, 0.5) is 24.9 Å². The molecule has 112 valence electrons. The highest BCUT2D eigenvalue weighted by atomic mass is 19.4. The molecule has 1 aromatic heterocycles. The van der Waals surface area contributed by atoms with E-state index in [1.807, 2.05) is 18.7 Å². The standard InChI is InChI=1S/C13H19F3N4/c1-8(2)20(7-9-4-5-9)11-6-10(13(14,15)16)18-12(17-3)19-11/h6,8-9H,4-5,7H2,1-3H3,(H,17,18,19). The van der Waals surface area contributed by atoms with E-state index < -0.39 is 11.9 Å². The number of anilines is 2. The van der Waals surface area contributed by atoms with E-state index in [0.29, 0.717) is 11.7 Å². The Kier molecular flexibility index (Phi) is 4.06. The van der Waals surface area contributed by atoms with Crippen LogP contribution in [0.5, 0.6) is 0 Å². The normalized spacial score (nSPS) is 15.6. The van der Waals surface area contributed by atoms with Crippen LogP contribution in [0.1, 0.15) is 32.4 Å². The molecule has 4 nitrogen and oxygen atoms in total. The quantitative estimate of drug-likeness (QED) is 0.903. The van der Waals surface area contributed by atoms with E-state index in [-0.39, 0.29) is 12.0 Å². The molecule has 0 amide bonds. The van der Waals surface area contributed by atoms with Crippen molar-refractivity contribution in [2.75, 3.05) is 23.8 Å². The molecule has 1 N–H and O–H groups in total. The number of hydrogen-bond donors (Lipinski definition) is 1. The molecule has 2 rings (SSSR count). The lowest BCUT2D eigenvalue weighted by atomic mass is 10.2. The largest absolute Gasteiger partial charge is 0.433 e. The lowest BCUT2D eigenvalue weighted by Crippen LogP contribution is -2.34. The van der Waals surface area contributed by atoms with E-state index >= 15 is 0 Å². The van der Waals surface area contributed by atoms with Gasteiger partial charge < -0.3 is 10.2 Å². The second kappa shape index (κ2) is 5.46. The molecule has 0 aliphatic heterocycles. The van der Waals surface area contributed by atoms with Crippen LogP contribution < -0.4 is 10.2 Å². The molecule has 0 radical (unpaired) electrons. The SMILES string of the molecule is CNc1nc(N(CC2CC2)C(C)C)cc(C(F)(F)F)n1. The summed E-state index contributed by atoms with van der Waals surface area (Å²) >= 11 is 0. The Morgan fingerprint density at radius 2 is 2.00 bits per heavy atom. The summed E-state index contributed by atoms with van der Waals surface area (Å²) in [7, 11) is 1.51. The zero-order valence-corrected chi connectivity index (χ0v) is 11.8. The van der Waals surface area contributed by atoms with Gasteiger partial charge in [0.05, 0.1) is 0 Å². The summed E-state index contributed by atoms with van der Waals surface area (Å²) in [4.78, 5) is 9.57. The molecular formula is C13H19F3N4. The fourth-order valence-electron chi connectivity index (χ4n) is 1.99. The summed E-state index contributed by atoms with van der Waals surface area (Å²) in [6.07, 6.45) is -2.19. The molecule has 1 aliphatic carbocycles. The van der Waals surface area contributed by atoms with Crippen molar-refractivity contribution in [3.63, 3.8) is 0 Å². The molecule has 0 saturated heterocycles. The van der Waals surface area contributed by atoms with Gasteiger partial charge in [-0.05, 0) is 32.6 Å². The second-order valence-corrected chi connectivity index (χ2v) is 5.37. The number of nitrogens with zero attached hydrogens (tertiary/aromatic N) is 3. The van der Waals surface area contributed by atoms with Crippen molar-refractivity contribution in [1.82, 2.24) is 9.97 Å². The molecular weight excluding hydrogens is 269 g/mol. The van der Waals surface area contributed by atoms with Gasteiger partial charge in [0, 0.05) is 25.7 Å². The van der Waals surface area contributed by atoms with Crippen LogP contribution in [-0.2, 0) is 6.18 Å². The third-order valence-corrected chi connectivity index (χ3v) is 3.30. The Morgan fingerprint density at radius 1 is 1.35 bits per heavy atom. The molecule has 0 unspecified atom stereocenters. The highest BCUT2D eigenvalue weighted by molar-refractivity contribution is 5.46. The van der Waals surface area contributed by atoms with Gasteiger partial charge in [-0.2, -0.15) is 18.2 Å². The van der Waals surface area contributed by atoms with Crippen LogP contribution in [0.3, 0.4) is 0 Å². The summed E-state index contributed by atoms with van der Waals surface area (Å²) in [5, 5.41) is 2.59. The van der Waals surface area contributed by atoms with Crippen LogP contribution in [-0.4, -0.2) is 29.6 Å². The highest BCUT2D eigenvalue weighted by Gasteiger charge is 2.35. The van der Waals surface area contributed by atoms with Crippen LogP contribution >= 0.6 is 0 Å². The Balaban J connectivity index is 2.36. The highest BCUT2D eigenvalue weighted by Crippen LogP contribution is 2.34. The molecule has 1 aliphatic rings. The lowest BCUT2D eigenvalue weighted by Gasteiger charge is -2.28. The van der Waals surface area contributed by atoms with Gasteiger partial charge in [-0.25, -0.2) is 4.98 Å². The van der Waals surface area contributed by atoms with E-state index in [1.165, 1.54) is 7.05 Å². The predicted octanol–water partition coefficient (Wildman–Crippen LogP) is 3.16. The van der Waals surface area contributed by atoms with Gasteiger partial charge in [0.15, 0.2) is 5.69 Å². The van der Waals surface area contributed by atoms with Crippen molar-refractivity contribution < 1.29 is 13.2 Å².